The smallest absolute Gasteiger partial charge is 0.241 e. The molecule has 0 fully saturated rings. The highest BCUT2D eigenvalue weighted by atomic mass is 35.5. The predicted molar refractivity (Wildman–Crippen MR) is 78.8 cm³/mol. The summed E-state index contributed by atoms with van der Waals surface area (Å²) < 4.78 is 26.3. The van der Waals surface area contributed by atoms with E-state index in [2.05, 4.69) is 4.98 Å². The zero-order chi connectivity index (χ0) is 14.3. The summed E-state index contributed by atoms with van der Waals surface area (Å²) in [6, 6.07) is 11.2. The van der Waals surface area contributed by atoms with Gasteiger partial charge in [0, 0.05) is 17.6 Å². The lowest BCUT2D eigenvalue weighted by Gasteiger charge is -2.07. The normalized spacial score (nSPS) is 11.9. The molecular formula is C13H8Cl2N2O2S. The molecule has 3 rings (SSSR count). The first-order valence-corrected chi connectivity index (χ1v) is 7.83. The Labute approximate surface area is 125 Å². The van der Waals surface area contributed by atoms with E-state index in [1.54, 1.807) is 24.3 Å². The molecule has 0 aliphatic heterocycles. The molecule has 0 aliphatic carbocycles. The topological polar surface area (TPSA) is 52.0 Å². The van der Waals surface area contributed by atoms with Crippen LogP contribution in [0.15, 0.2) is 53.6 Å². The number of aromatic nitrogens is 2. The van der Waals surface area contributed by atoms with E-state index in [-0.39, 0.29) is 15.2 Å². The number of rotatable bonds is 2. The van der Waals surface area contributed by atoms with Crippen LogP contribution in [0, 0.1) is 0 Å². The highest BCUT2D eigenvalue weighted by Crippen LogP contribution is 2.28. The zero-order valence-electron chi connectivity index (χ0n) is 9.99. The summed E-state index contributed by atoms with van der Waals surface area (Å²) in [4.78, 5) is 4.09. The fourth-order valence-corrected chi connectivity index (χ4v) is 3.80. The molecule has 1 aromatic carbocycles. The molecule has 0 spiro atoms. The third-order valence-electron chi connectivity index (χ3n) is 2.87. The quantitative estimate of drug-likeness (QED) is 0.676. The SMILES string of the molecule is O=S(=O)(c1ccccc1)n1ccc2c(Cl)nc(Cl)cc21. The molecule has 0 atom stereocenters. The third kappa shape index (κ3) is 2.08. The summed E-state index contributed by atoms with van der Waals surface area (Å²) in [5.41, 5.74) is 0.402. The monoisotopic (exact) mass is 326 g/mol. The first-order valence-electron chi connectivity index (χ1n) is 5.64. The van der Waals surface area contributed by atoms with Gasteiger partial charge in [-0.25, -0.2) is 17.4 Å². The molecule has 0 saturated heterocycles. The van der Waals surface area contributed by atoms with Gasteiger partial charge in [-0.2, -0.15) is 0 Å². The van der Waals surface area contributed by atoms with Gasteiger partial charge in [-0.1, -0.05) is 41.4 Å². The Hall–Kier alpha value is -1.56. The van der Waals surface area contributed by atoms with Crippen LogP contribution in [0.1, 0.15) is 0 Å². The lowest BCUT2D eigenvalue weighted by molar-refractivity contribution is 0.589. The maximum absolute atomic E-state index is 12.6. The molecular weight excluding hydrogens is 319 g/mol. The lowest BCUT2D eigenvalue weighted by atomic mass is 10.3. The van der Waals surface area contributed by atoms with Crippen molar-refractivity contribution in [3.8, 4) is 0 Å². The number of fused-ring (bicyclic) bond motifs is 1. The molecule has 0 N–H and O–H groups in total. The molecule has 0 unspecified atom stereocenters. The minimum absolute atomic E-state index is 0.144. The highest BCUT2D eigenvalue weighted by molar-refractivity contribution is 7.90. The summed E-state index contributed by atoms with van der Waals surface area (Å²) in [5.74, 6) is 0. The summed E-state index contributed by atoms with van der Waals surface area (Å²) in [6.45, 7) is 0. The van der Waals surface area contributed by atoms with Crippen LogP contribution in [0.4, 0.5) is 0 Å². The second-order valence-corrected chi connectivity index (χ2v) is 6.66. The Morgan fingerprint density at radius 3 is 2.45 bits per heavy atom. The van der Waals surface area contributed by atoms with E-state index in [1.807, 2.05) is 0 Å². The van der Waals surface area contributed by atoms with E-state index < -0.39 is 10.0 Å². The van der Waals surface area contributed by atoms with Gasteiger partial charge in [0.2, 0.25) is 0 Å². The van der Waals surface area contributed by atoms with Crippen LogP contribution in [0.25, 0.3) is 10.9 Å². The molecule has 3 aromatic rings. The van der Waals surface area contributed by atoms with Crippen molar-refractivity contribution in [2.75, 3.05) is 0 Å². The van der Waals surface area contributed by atoms with E-state index in [1.165, 1.54) is 24.4 Å². The van der Waals surface area contributed by atoms with Crippen molar-refractivity contribution in [2.24, 2.45) is 0 Å². The van der Waals surface area contributed by atoms with Gasteiger partial charge in [-0.05, 0) is 18.2 Å². The first kappa shape index (κ1) is 13.4. The molecule has 4 nitrogen and oxygen atoms in total. The van der Waals surface area contributed by atoms with Crippen molar-refractivity contribution >= 4 is 44.1 Å². The van der Waals surface area contributed by atoms with Crippen molar-refractivity contribution in [3.05, 3.63) is 59.0 Å². The molecule has 0 saturated carbocycles. The fourth-order valence-electron chi connectivity index (χ4n) is 1.96. The molecule has 0 amide bonds. The summed E-state index contributed by atoms with van der Waals surface area (Å²) >= 11 is 11.8. The standard InChI is InChI=1S/C13H8Cl2N2O2S/c14-12-8-11-10(13(15)16-12)6-7-17(11)20(18,19)9-4-2-1-3-5-9/h1-8H. The Kier molecular flexibility index (Phi) is 3.20. The molecule has 20 heavy (non-hydrogen) atoms. The number of pyridine rings is 1. The fraction of sp³-hybridized carbons (Fsp3) is 0. The maximum atomic E-state index is 12.6. The van der Waals surface area contributed by atoms with Gasteiger partial charge in [0.1, 0.15) is 10.3 Å². The Morgan fingerprint density at radius 1 is 1.05 bits per heavy atom. The van der Waals surface area contributed by atoms with Gasteiger partial charge in [-0.3, -0.25) is 0 Å². The Bertz CT molecular complexity index is 889. The van der Waals surface area contributed by atoms with Crippen LogP contribution in [0.5, 0.6) is 0 Å². The molecule has 102 valence electrons. The van der Waals surface area contributed by atoms with E-state index in [4.69, 9.17) is 23.2 Å². The van der Waals surface area contributed by atoms with Crippen molar-refractivity contribution < 1.29 is 8.42 Å². The molecule has 0 bridgehead atoms. The van der Waals surface area contributed by atoms with E-state index in [0.29, 0.717) is 10.9 Å². The second kappa shape index (κ2) is 4.77. The predicted octanol–water partition coefficient (Wildman–Crippen LogP) is 3.58. The van der Waals surface area contributed by atoms with Crippen LogP contribution in [0.2, 0.25) is 10.3 Å². The number of hydrogen-bond acceptors (Lipinski definition) is 3. The second-order valence-electron chi connectivity index (χ2n) is 4.10. The van der Waals surface area contributed by atoms with E-state index in [9.17, 15) is 8.42 Å². The van der Waals surface area contributed by atoms with Gasteiger partial charge >= 0.3 is 0 Å². The Morgan fingerprint density at radius 2 is 1.75 bits per heavy atom. The van der Waals surface area contributed by atoms with E-state index >= 15 is 0 Å². The van der Waals surface area contributed by atoms with Crippen LogP contribution in [0.3, 0.4) is 0 Å². The van der Waals surface area contributed by atoms with E-state index in [0.717, 1.165) is 3.97 Å². The molecule has 2 aromatic heterocycles. The van der Waals surface area contributed by atoms with Crippen LogP contribution in [-0.2, 0) is 10.0 Å². The van der Waals surface area contributed by atoms with Gasteiger partial charge in [0.05, 0.1) is 10.4 Å². The minimum atomic E-state index is -3.68. The van der Waals surface area contributed by atoms with Crippen molar-refractivity contribution in [3.63, 3.8) is 0 Å². The summed E-state index contributed by atoms with van der Waals surface area (Å²) in [6.07, 6.45) is 1.44. The van der Waals surface area contributed by atoms with Crippen LogP contribution >= 0.6 is 23.2 Å². The number of nitrogens with zero attached hydrogens (tertiary/aromatic N) is 2. The molecule has 0 aliphatic rings. The van der Waals surface area contributed by atoms with Gasteiger partial charge in [0.15, 0.2) is 0 Å². The summed E-state index contributed by atoms with van der Waals surface area (Å²) in [5, 5.41) is 0.857. The van der Waals surface area contributed by atoms with Crippen LogP contribution < -0.4 is 0 Å². The average molecular weight is 327 g/mol. The van der Waals surface area contributed by atoms with Crippen molar-refractivity contribution in [1.82, 2.24) is 8.96 Å². The molecule has 2 heterocycles. The lowest BCUT2D eigenvalue weighted by Crippen LogP contribution is -2.11. The number of hydrogen-bond donors (Lipinski definition) is 0. The molecule has 0 radical (unpaired) electrons. The average Bonchev–Trinajstić information content (AvgIpc) is 2.84. The van der Waals surface area contributed by atoms with Gasteiger partial charge in [0.25, 0.3) is 10.0 Å². The number of benzene rings is 1. The van der Waals surface area contributed by atoms with Gasteiger partial charge < -0.3 is 0 Å². The number of halogens is 2. The first-order chi connectivity index (χ1) is 9.50. The zero-order valence-corrected chi connectivity index (χ0v) is 12.3. The van der Waals surface area contributed by atoms with Crippen LogP contribution in [-0.4, -0.2) is 17.4 Å². The highest BCUT2D eigenvalue weighted by Gasteiger charge is 2.19. The maximum Gasteiger partial charge on any atom is 0.268 e. The third-order valence-corrected chi connectivity index (χ3v) is 5.06. The van der Waals surface area contributed by atoms with Crippen molar-refractivity contribution in [1.29, 1.82) is 0 Å². The molecule has 7 heteroatoms. The summed E-state index contributed by atoms with van der Waals surface area (Å²) in [7, 11) is -3.68. The van der Waals surface area contributed by atoms with Crippen molar-refractivity contribution in [2.45, 2.75) is 4.90 Å². The minimum Gasteiger partial charge on any atom is -0.241 e. The largest absolute Gasteiger partial charge is 0.268 e. The van der Waals surface area contributed by atoms with Gasteiger partial charge in [-0.15, -0.1) is 0 Å². The Balaban J connectivity index is 2.31.